The van der Waals surface area contributed by atoms with Gasteiger partial charge in [-0.05, 0) is 31.0 Å². The maximum Gasteiger partial charge on any atom is 0.336 e. The lowest BCUT2D eigenvalue weighted by Gasteiger charge is -2.15. The molecule has 2 aromatic rings. The zero-order valence-corrected chi connectivity index (χ0v) is 11.8. The molecule has 0 aliphatic carbocycles. The molecule has 0 fully saturated rings. The number of hydrogen-bond acceptors (Lipinski definition) is 3. The van der Waals surface area contributed by atoms with E-state index in [1.54, 1.807) is 11.4 Å². The molecule has 0 aliphatic rings. The van der Waals surface area contributed by atoms with Crippen LogP contribution >= 0.6 is 11.3 Å². The molecule has 0 spiro atoms. The van der Waals surface area contributed by atoms with Gasteiger partial charge in [0.25, 0.3) is 0 Å². The molecule has 1 heterocycles. The fourth-order valence-corrected chi connectivity index (χ4v) is 2.83. The minimum atomic E-state index is -0.866. The van der Waals surface area contributed by atoms with Crippen molar-refractivity contribution in [2.75, 3.05) is 0 Å². The molecule has 0 saturated carbocycles. The van der Waals surface area contributed by atoms with Gasteiger partial charge in [-0.2, -0.15) is 0 Å². The number of rotatable bonds is 5. The Hall–Kier alpha value is -1.65. The van der Waals surface area contributed by atoms with Gasteiger partial charge in [0.05, 0.1) is 5.56 Å². The van der Waals surface area contributed by atoms with E-state index >= 15 is 0 Å². The Balaban J connectivity index is 1.98. The molecule has 2 rings (SSSR count). The number of hydrogen-bond donors (Lipinski definition) is 2. The Kier molecular flexibility index (Phi) is 4.35. The summed E-state index contributed by atoms with van der Waals surface area (Å²) in [7, 11) is 0. The van der Waals surface area contributed by atoms with Crippen LogP contribution in [0.5, 0.6) is 0 Å². The lowest BCUT2D eigenvalue weighted by atomic mass is 10.0. The topological polar surface area (TPSA) is 49.3 Å². The molecule has 2 N–H and O–H groups in total. The predicted molar refractivity (Wildman–Crippen MR) is 77.7 cm³/mol. The fourth-order valence-electron chi connectivity index (χ4n) is 2.02. The van der Waals surface area contributed by atoms with Crippen LogP contribution in [-0.2, 0) is 6.54 Å². The van der Waals surface area contributed by atoms with E-state index < -0.39 is 5.97 Å². The van der Waals surface area contributed by atoms with E-state index in [9.17, 15) is 4.79 Å². The third kappa shape index (κ3) is 3.43. The van der Waals surface area contributed by atoms with Gasteiger partial charge < -0.3 is 10.4 Å². The van der Waals surface area contributed by atoms with Gasteiger partial charge in [0.1, 0.15) is 0 Å². The van der Waals surface area contributed by atoms with Crippen LogP contribution in [0.1, 0.15) is 39.3 Å². The van der Waals surface area contributed by atoms with Gasteiger partial charge in [-0.25, -0.2) is 4.79 Å². The average molecular weight is 275 g/mol. The van der Waals surface area contributed by atoms with E-state index in [1.807, 2.05) is 12.1 Å². The van der Waals surface area contributed by atoms with E-state index in [2.05, 4.69) is 31.3 Å². The second-order valence-corrected chi connectivity index (χ2v) is 5.56. The molecule has 0 radical (unpaired) electrons. The Morgan fingerprint density at radius 2 is 2.16 bits per heavy atom. The number of carboxylic acids is 1. The highest BCUT2D eigenvalue weighted by atomic mass is 32.1. The van der Waals surface area contributed by atoms with E-state index in [-0.39, 0.29) is 6.04 Å². The second kappa shape index (κ2) is 5.99. The van der Waals surface area contributed by atoms with E-state index in [1.165, 1.54) is 22.5 Å². The van der Waals surface area contributed by atoms with Crippen LogP contribution in [0.3, 0.4) is 0 Å². The van der Waals surface area contributed by atoms with Crippen molar-refractivity contribution < 1.29 is 9.90 Å². The zero-order valence-electron chi connectivity index (χ0n) is 11.0. The number of carboxylic acid groups (broad SMARTS) is 1. The summed E-state index contributed by atoms with van der Waals surface area (Å²) in [6.07, 6.45) is 0. The normalized spacial score (nSPS) is 12.3. The monoisotopic (exact) mass is 275 g/mol. The van der Waals surface area contributed by atoms with Crippen LogP contribution in [0, 0.1) is 6.92 Å². The first-order valence-corrected chi connectivity index (χ1v) is 7.05. The average Bonchev–Trinajstić information content (AvgIpc) is 2.85. The zero-order chi connectivity index (χ0) is 13.8. The number of nitrogens with one attached hydrogen (secondary N) is 1. The summed E-state index contributed by atoms with van der Waals surface area (Å²) in [5, 5.41) is 14.0. The lowest BCUT2D eigenvalue weighted by molar-refractivity contribution is 0.0697. The third-order valence-electron chi connectivity index (χ3n) is 3.14. The molecule has 19 heavy (non-hydrogen) atoms. The largest absolute Gasteiger partial charge is 0.478 e. The summed E-state index contributed by atoms with van der Waals surface area (Å²) in [5.41, 5.74) is 2.91. The number of aromatic carboxylic acids is 1. The molecule has 1 atom stereocenters. The summed E-state index contributed by atoms with van der Waals surface area (Å²) < 4.78 is 0. The molecule has 0 aliphatic heterocycles. The summed E-state index contributed by atoms with van der Waals surface area (Å²) in [5.74, 6) is -0.866. The summed E-state index contributed by atoms with van der Waals surface area (Å²) in [6.45, 7) is 4.91. The first-order valence-electron chi connectivity index (χ1n) is 6.17. The number of carbonyl (C=O) groups is 1. The molecular formula is C15H17NO2S. The first-order chi connectivity index (χ1) is 9.08. The Labute approximate surface area is 116 Å². The molecule has 0 bridgehead atoms. The molecule has 3 nitrogen and oxygen atoms in total. The predicted octanol–water partition coefficient (Wildman–Crippen LogP) is 3.61. The molecule has 1 unspecified atom stereocenters. The maximum absolute atomic E-state index is 10.8. The smallest absolute Gasteiger partial charge is 0.336 e. The molecule has 100 valence electrons. The van der Waals surface area contributed by atoms with E-state index in [0.717, 1.165) is 4.88 Å². The quantitative estimate of drug-likeness (QED) is 0.876. The van der Waals surface area contributed by atoms with Crippen LogP contribution in [0.15, 0.2) is 35.7 Å². The van der Waals surface area contributed by atoms with Gasteiger partial charge in [0.15, 0.2) is 0 Å². The van der Waals surface area contributed by atoms with Gasteiger partial charge >= 0.3 is 5.97 Å². The Morgan fingerprint density at radius 1 is 1.42 bits per heavy atom. The van der Waals surface area contributed by atoms with E-state index in [0.29, 0.717) is 12.1 Å². The van der Waals surface area contributed by atoms with Gasteiger partial charge in [-0.15, -0.1) is 11.3 Å². The van der Waals surface area contributed by atoms with Crippen molar-refractivity contribution in [2.45, 2.75) is 26.4 Å². The third-order valence-corrected chi connectivity index (χ3v) is 4.07. The first kappa shape index (κ1) is 13.8. The summed E-state index contributed by atoms with van der Waals surface area (Å²) in [4.78, 5) is 11.8. The lowest BCUT2D eigenvalue weighted by Crippen LogP contribution is -2.18. The van der Waals surface area contributed by atoms with Crippen molar-refractivity contribution in [1.29, 1.82) is 0 Å². The van der Waals surface area contributed by atoms with Gasteiger partial charge in [0, 0.05) is 22.8 Å². The van der Waals surface area contributed by atoms with Crippen molar-refractivity contribution in [2.24, 2.45) is 0 Å². The summed E-state index contributed by atoms with van der Waals surface area (Å²) >= 11 is 1.48. The maximum atomic E-state index is 10.8. The van der Waals surface area contributed by atoms with Gasteiger partial charge in [0.2, 0.25) is 0 Å². The molecule has 1 aromatic carbocycles. The van der Waals surface area contributed by atoms with Crippen molar-refractivity contribution in [3.05, 3.63) is 57.3 Å². The number of aryl methyl sites for hydroxylation is 1. The van der Waals surface area contributed by atoms with Crippen LogP contribution < -0.4 is 5.32 Å². The second-order valence-electron chi connectivity index (χ2n) is 4.57. The van der Waals surface area contributed by atoms with Crippen LogP contribution in [0.25, 0.3) is 0 Å². The SMILES string of the molecule is Cc1ccccc1C(C)NCc1cc(C(=O)O)cs1. The number of benzene rings is 1. The molecule has 1 aromatic heterocycles. The van der Waals surface area contributed by atoms with Gasteiger partial charge in [-0.1, -0.05) is 24.3 Å². The van der Waals surface area contributed by atoms with Crippen molar-refractivity contribution in [1.82, 2.24) is 5.32 Å². The highest BCUT2D eigenvalue weighted by Crippen LogP contribution is 2.19. The molecular weight excluding hydrogens is 258 g/mol. The minimum Gasteiger partial charge on any atom is -0.478 e. The molecule has 0 saturated heterocycles. The molecule has 0 amide bonds. The van der Waals surface area contributed by atoms with Crippen molar-refractivity contribution in [3.8, 4) is 0 Å². The fraction of sp³-hybridized carbons (Fsp3) is 0.267. The van der Waals surface area contributed by atoms with Gasteiger partial charge in [-0.3, -0.25) is 0 Å². The van der Waals surface area contributed by atoms with Crippen LogP contribution in [0.4, 0.5) is 0 Å². The summed E-state index contributed by atoms with van der Waals surface area (Å²) in [6, 6.07) is 10.3. The van der Waals surface area contributed by atoms with Crippen molar-refractivity contribution >= 4 is 17.3 Å². The van der Waals surface area contributed by atoms with Crippen molar-refractivity contribution in [3.63, 3.8) is 0 Å². The standard InChI is InChI=1S/C15H17NO2S/c1-10-5-3-4-6-14(10)11(2)16-8-13-7-12(9-19-13)15(17)18/h3-7,9,11,16H,8H2,1-2H3,(H,17,18). The highest BCUT2D eigenvalue weighted by Gasteiger charge is 2.09. The van der Waals surface area contributed by atoms with Crippen LogP contribution in [-0.4, -0.2) is 11.1 Å². The minimum absolute atomic E-state index is 0.247. The molecule has 4 heteroatoms. The Bertz CT molecular complexity index is 577. The Morgan fingerprint density at radius 3 is 2.79 bits per heavy atom. The highest BCUT2D eigenvalue weighted by molar-refractivity contribution is 7.10. The number of thiophene rings is 1. The van der Waals surface area contributed by atoms with Crippen LogP contribution in [0.2, 0.25) is 0 Å². The van der Waals surface area contributed by atoms with E-state index in [4.69, 9.17) is 5.11 Å².